The lowest BCUT2D eigenvalue weighted by atomic mass is 10.1. The van der Waals surface area contributed by atoms with E-state index in [-0.39, 0.29) is 0 Å². The van der Waals surface area contributed by atoms with Crippen LogP contribution in [0.5, 0.6) is 11.8 Å². The van der Waals surface area contributed by atoms with Gasteiger partial charge in [-0.05, 0) is 51.7 Å². The summed E-state index contributed by atoms with van der Waals surface area (Å²) in [6.45, 7) is 0.675. The Morgan fingerprint density at radius 1 is 0.800 bits per heavy atom. The zero-order chi connectivity index (χ0) is 20.2. The van der Waals surface area contributed by atoms with Crippen LogP contribution in [-0.2, 0) is 6.54 Å². The topological polar surface area (TPSA) is 64.9 Å². The van der Waals surface area contributed by atoms with Crippen molar-refractivity contribution in [1.82, 2.24) is 20.2 Å². The number of hydrogen-bond acceptors (Lipinski definition) is 5. The maximum atomic E-state index is 5.97. The van der Waals surface area contributed by atoms with Gasteiger partial charge in [0.25, 0.3) is 0 Å². The molecule has 0 saturated carbocycles. The monoisotopic (exact) mass is 393 g/mol. The summed E-state index contributed by atoms with van der Waals surface area (Å²) in [5.41, 5.74) is 3.04. The Hall–Kier alpha value is -4.19. The molecule has 0 unspecified atom stereocenters. The molecule has 0 aliphatic heterocycles. The lowest BCUT2D eigenvalue weighted by molar-refractivity contribution is 0.427. The molecule has 1 aromatic heterocycles. The molecule has 5 aromatic rings. The number of anilines is 1. The molecule has 0 aliphatic rings. The van der Waals surface area contributed by atoms with Crippen molar-refractivity contribution in [3.05, 3.63) is 103 Å². The van der Waals surface area contributed by atoms with Gasteiger partial charge in [0.2, 0.25) is 0 Å². The number of nitrogens with one attached hydrogen (secondary N) is 1. The Kier molecular flexibility index (Phi) is 4.79. The summed E-state index contributed by atoms with van der Waals surface area (Å²) < 4.78 is 7.54. The fourth-order valence-corrected chi connectivity index (χ4v) is 3.37. The highest BCUT2D eigenvalue weighted by Crippen LogP contribution is 2.25. The highest BCUT2D eigenvalue weighted by atomic mass is 16.5. The lowest BCUT2D eigenvalue weighted by Gasteiger charge is -2.11. The van der Waals surface area contributed by atoms with Crippen molar-refractivity contribution in [3.63, 3.8) is 0 Å². The Labute approximate surface area is 173 Å². The van der Waals surface area contributed by atoms with Gasteiger partial charge in [-0.3, -0.25) is 0 Å². The summed E-state index contributed by atoms with van der Waals surface area (Å²) in [4.78, 5) is 0. The Morgan fingerprint density at radius 2 is 1.60 bits per heavy atom. The van der Waals surface area contributed by atoms with Crippen LogP contribution in [0.15, 0.2) is 97.1 Å². The Balaban J connectivity index is 1.34. The van der Waals surface area contributed by atoms with E-state index in [1.807, 2.05) is 48.5 Å². The molecule has 0 amide bonds. The van der Waals surface area contributed by atoms with Crippen LogP contribution in [0.1, 0.15) is 5.56 Å². The minimum Gasteiger partial charge on any atom is -0.423 e. The number of rotatable bonds is 6. The van der Waals surface area contributed by atoms with E-state index in [0.29, 0.717) is 18.3 Å². The molecule has 0 radical (unpaired) electrons. The number of hydrogen-bond donors (Lipinski definition) is 1. The van der Waals surface area contributed by atoms with Crippen molar-refractivity contribution >= 4 is 16.5 Å². The fraction of sp³-hybridized carbons (Fsp3) is 0.0417. The Morgan fingerprint density at radius 3 is 2.53 bits per heavy atom. The van der Waals surface area contributed by atoms with E-state index in [1.54, 1.807) is 4.68 Å². The van der Waals surface area contributed by atoms with E-state index < -0.39 is 0 Å². The minimum atomic E-state index is 0.320. The van der Waals surface area contributed by atoms with E-state index in [4.69, 9.17) is 4.74 Å². The molecule has 0 atom stereocenters. The van der Waals surface area contributed by atoms with Crippen molar-refractivity contribution in [1.29, 1.82) is 0 Å². The molecule has 1 N–H and O–H groups in total. The Bertz CT molecular complexity index is 1280. The third kappa shape index (κ3) is 3.71. The fourth-order valence-electron chi connectivity index (χ4n) is 3.37. The second kappa shape index (κ2) is 8.05. The molecule has 0 saturated heterocycles. The second-order valence-electron chi connectivity index (χ2n) is 6.84. The van der Waals surface area contributed by atoms with Gasteiger partial charge in [-0.1, -0.05) is 71.8 Å². The maximum absolute atomic E-state index is 5.97. The van der Waals surface area contributed by atoms with Gasteiger partial charge >= 0.3 is 6.01 Å². The van der Waals surface area contributed by atoms with Gasteiger partial charge < -0.3 is 10.1 Å². The van der Waals surface area contributed by atoms with Crippen molar-refractivity contribution in [3.8, 4) is 17.4 Å². The SMILES string of the molecule is c1ccc(-n2nnnc2Oc2cccc(CNc3cccc4ccccc34)c2)cc1. The van der Waals surface area contributed by atoms with E-state index in [9.17, 15) is 0 Å². The standard InChI is InChI=1S/C24H19N5O/c1-2-11-20(12-3-1)29-24(26-27-28-29)30-21-13-6-8-18(16-21)17-25-23-15-7-10-19-9-4-5-14-22(19)23/h1-16,25H,17H2. The van der Waals surface area contributed by atoms with Crippen molar-refractivity contribution in [2.75, 3.05) is 5.32 Å². The van der Waals surface area contributed by atoms with E-state index in [0.717, 1.165) is 16.9 Å². The lowest BCUT2D eigenvalue weighted by Crippen LogP contribution is -2.02. The summed E-state index contributed by atoms with van der Waals surface area (Å²) >= 11 is 0. The summed E-state index contributed by atoms with van der Waals surface area (Å²) in [6.07, 6.45) is 0. The number of tetrazole rings is 1. The van der Waals surface area contributed by atoms with Crippen LogP contribution in [-0.4, -0.2) is 20.2 Å². The van der Waals surface area contributed by atoms with Crippen LogP contribution in [0.2, 0.25) is 0 Å². The molecular formula is C24H19N5O. The van der Waals surface area contributed by atoms with Gasteiger partial charge in [-0.15, -0.1) is 0 Å². The number of aromatic nitrogens is 4. The zero-order valence-electron chi connectivity index (χ0n) is 16.1. The molecule has 0 fully saturated rings. The van der Waals surface area contributed by atoms with E-state index in [2.05, 4.69) is 69.4 Å². The second-order valence-corrected chi connectivity index (χ2v) is 6.84. The number of fused-ring (bicyclic) bond motifs is 1. The summed E-state index contributed by atoms with van der Waals surface area (Å²) in [5, 5.41) is 17.7. The highest BCUT2D eigenvalue weighted by molar-refractivity contribution is 5.93. The van der Waals surface area contributed by atoms with Crippen LogP contribution in [0.25, 0.3) is 16.5 Å². The van der Waals surface area contributed by atoms with Gasteiger partial charge in [0.1, 0.15) is 5.75 Å². The third-order valence-corrected chi connectivity index (χ3v) is 4.82. The normalized spacial score (nSPS) is 10.8. The van der Waals surface area contributed by atoms with Crippen molar-refractivity contribution in [2.45, 2.75) is 6.54 Å². The number of nitrogens with zero attached hydrogens (tertiary/aromatic N) is 4. The first-order chi connectivity index (χ1) is 14.9. The molecule has 0 bridgehead atoms. The average molecular weight is 393 g/mol. The van der Waals surface area contributed by atoms with Crippen LogP contribution in [0.3, 0.4) is 0 Å². The van der Waals surface area contributed by atoms with Gasteiger partial charge in [-0.2, -0.15) is 4.68 Å². The summed E-state index contributed by atoms with van der Waals surface area (Å²) in [7, 11) is 0. The summed E-state index contributed by atoms with van der Waals surface area (Å²) in [5.74, 6) is 0.680. The molecule has 6 heteroatoms. The molecule has 6 nitrogen and oxygen atoms in total. The van der Waals surface area contributed by atoms with E-state index in [1.165, 1.54) is 10.8 Å². The predicted molar refractivity (Wildman–Crippen MR) is 117 cm³/mol. The van der Waals surface area contributed by atoms with Gasteiger partial charge in [0.15, 0.2) is 0 Å². The van der Waals surface area contributed by atoms with Gasteiger partial charge in [-0.25, -0.2) is 0 Å². The van der Waals surface area contributed by atoms with Crippen LogP contribution >= 0.6 is 0 Å². The van der Waals surface area contributed by atoms with Crippen LogP contribution < -0.4 is 10.1 Å². The minimum absolute atomic E-state index is 0.320. The molecule has 0 aliphatic carbocycles. The number of benzene rings is 4. The third-order valence-electron chi connectivity index (χ3n) is 4.82. The molecule has 146 valence electrons. The largest absolute Gasteiger partial charge is 0.423 e. The molecule has 4 aromatic carbocycles. The molecule has 5 rings (SSSR count). The number of ether oxygens (including phenoxy) is 1. The van der Waals surface area contributed by atoms with E-state index >= 15 is 0 Å². The molecule has 30 heavy (non-hydrogen) atoms. The van der Waals surface area contributed by atoms with Gasteiger partial charge in [0, 0.05) is 17.6 Å². The molecule has 1 heterocycles. The number of para-hydroxylation sites is 1. The zero-order valence-corrected chi connectivity index (χ0v) is 16.1. The van der Waals surface area contributed by atoms with Crippen molar-refractivity contribution < 1.29 is 4.74 Å². The van der Waals surface area contributed by atoms with Crippen LogP contribution in [0, 0.1) is 0 Å². The smallest absolute Gasteiger partial charge is 0.345 e. The maximum Gasteiger partial charge on any atom is 0.345 e. The molecule has 0 spiro atoms. The van der Waals surface area contributed by atoms with Gasteiger partial charge in [0.05, 0.1) is 5.69 Å². The van der Waals surface area contributed by atoms with Crippen molar-refractivity contribution in [2.24, 2.45) is 0 Å². The highest BCUT2D eigenvalue weighted by Gasteiger charge is 2.11. The van der Waals surface area contributed by atoms with Crippen LogP contribution in [0.4, 0.5) is 5.69 Å². The average Bonchev–Trinajstić information content (AvgIpc) is 3.26. The summed E-state index contributed by atoms with van der Waals surface area (Å²) in [6, 6.07) is 32.5. The first-order valence-corrected chi connectivity index (χ1v) is 9.69. The first-order valence-electron chi connectivity index (χ1n) is 9.69. The first kappa shape index (κ1) is 17.9. The quantitative estimate of drug-likeness (QED) is 0.428. The molecular weight excluding hydrogens is 374 g/mol. The predicted octanol–water partition coefficient (Wildman–Crippen LogP) is 5.22.